The van der Waals surface area contributed by atoms with Crippen LogP contribution in [-0.4, -0.2) is 24.0 Å². The number of hydrogen-bond donors (Lipinski definition) is 3. The summed E-state index contributed by atoms with van der Waals surface area (Å²) in [7, 11) is 0. The number of hydrogen-bond acceptors (Lipinski definition) is 2. The molecule has 2 aliphatic rings. The number of halogens is 1. The van der Waals surface area contributed by atoms with E-state index in [1.165, 1.54) is 12.1 Å². The molecule has 0 unspecified atom stereocenters. The second-order valence-electron chi connectivity index (χ2n) is 8.55. The smallest absolute Gasteiger partial charge is 0.315 e. The Bertz CT molecular complexity index is 888. The van der Waals surface area contributed by atoms with Crippen molar-refractivity contribution in [3.8, 4) is 0 Å². The van der Waals surface area contributed by atoms with E-state index in [0.717, 1.165) is 36.8 Å². The number of carbonyl (C=O) groups is 2. The van der Waals surface area contributed by atoms with Crippen molar-refractivity contribution in [2.24, 2.45) is 0 Å². The molecule has 0 aliphatic heterocycles. The van der Waals surface area contributed by atoms with Gasteiger partial charge >= 0.3 is 6.03 Å². The van der Waals surface area contributed by atoms with Gasteiger partial charge in [0.05, 0.1) is 0 Å². The number of urea groups is 1. The first-order valence-corrected chi connectivity index (χ1v) is 10.7. The van der Waals surface area contributed by atoms with Gasteiger partial charge in [-0.05, 0) is 48.9 Å². The maximum atomic E-state index is 13.2. The van der Waals surface area contributed by atoms with Gasteiger partial charge in [0, 0.05) is 18.5 Å². The average molecular weight is 410 g/mol. The molecule has 2 aromatic carbocycles. The summed E-state index contributed by atoms with van der Waals surface area (Å²) in [5.74, 6) is -0.377. The molecule has 0 radical (unpaired) electrons. The number of carbonyl (C=O) groups excluding carboxylic acids is 2. The molecule has 30 heavy (non-hydrogen) atoms. The zero-order valence-electron chi connectivity index (χ0n) is 17.0. The van der Waals surface area contributed by atoms with E-state index in [1.54, 1.807) is 12.1 Å². The first-order chi connectivity index (χ1) is 14.5. The van der Waals surface area contributed by atoms with Crippen LogP contribution in [-0.2, 0) is 16.8 Å². The Kier molecular flexibility index (Phi) is 5.75. The molecule has 6 heteroatoms. The Morgan fingerprint density at radius 3 is 2.17 bits per heavy atom. The summed E-state index contributed by atoms with van der Waals surface area (Å²) < 4.78 is 13.2. The third kappa shape index (κ3) is 4.48. The molecule has 0 spiro atoms. The number of benzene rings is 2. The van der Waals surface area contributed by atoms with Gasteiger partial charge in [-0.25, -0.2) is 9.18 Å². The summed E-state index contributed by atoms with van der Waals surface area (Å²) in [6.45, 7) is 0.921. The van der Waals surface area contributed by atoms with Crippen LogP contribution in [0, 0.1) is 5.82 Å². The highest BCUT2D eigenvalue weighted by Gasteiger charge is 2.47. The Morgan fingerprint density at radius 2 is 1.53 bits per heavy atom. The first-order valence-electron chi connectivity index (χ1n) is 10.7. The van der Waals surface area contributed by atoms with Crippen molar-refractivity contribution < 1.29 is 14.0 Å². The zero-order valence-corrected chi connectivity index (χ0v) is 17.0. The highest BCUT2D eigenvalue weighted by Crippen LogP contribution is 2.47. The first kappa shape index (κ1) is 20.4. The van der Waals surface area contributed by atoms with Crippen molar-refractivity contribution in [3.63, 3.8) is 0 Å². The number of nitrogens with one attached hydrogen (secondary N) is 3. The largest absolute Gasteiger partial charge is 0.353 e. The summed E-state index contributed by atoms with van der Waals surface area (Å²) in [6.07, 6.45) is 5.04. The molecular weight excluding hydrogens is 381 g/mol. The molecule has 158 valence electrons. The lowest BCUT2D eigenvalue weighted by atomic mass is 9.93. The van der Waals surface area contributed by atoms with Crippen LogP contribution >= 0.6 is 0 Å². The minimum atomic E-state index is -0.861. The molecule has 0 atom stereocenters. The molecule has 3 amide bonds. The maximum absolute atomic E-state index is 13.2. The third-order valence-electron chi connectivity index (χ3n) is 6.44. The molecule has 3 N–H and O–H groups in total. The SMILES string of the molecule is O=C(NCc1ccccc1)NC1(C(=O)NCC2(c3ccc(F)cc3)CC2)CCCC1. The van der Waals surface area contributed by atoms with Crippen LogP contribution < -0.4 is 16.0 Å². The molecule has 0 aromatic heterocycles. The van der Waals surface area contributed by atoms with Crippen LogP contribution in [0.5, 0.6) is 0 Å². The lowest BCUT2D eigenvalue weighted by molar-refractivity contribution is -0.127. The van der Waals surface area contributed by atoms with Gasteiger partial charge < -0.3 is 16.0 Å². The fraction of sp³-hybridized carbons (Fsp3) is 0.417. The molecule has 0 bridgehead atoms. The van der Waals surface area contributed by atoms with Crippen molar-refractivity contribution in [1.29, 1.82) is 0 Å². The van der Waals surface area contributed by atoms with Crippen molar-refractivity contribution in [3.05, 3.63) is 71.5 Å². The highest BCUT2D eigenvalue weighted by molar-refractivity contribution is 5.91. The van der Waals surface area contributed by atoms with Crippen molar-refractivity contribution in [1.82, 2.24) is 16.0 Å². The van der Waals surface area contributed by atoms with E-state index in [9.17, 15) is 14.0 Å². The Balaban J connectivity index is 1.35. The van der Waals surface area contributed by atoms with Gasteiger partial charge in [-0.2, -0.15) is 0 Å². The predicted octanol–water partition coefficient (Wildman–Crippen LogP) is 3.79. The van der Waals surface area contributed by atoms with Gasteiger partial charge in [0.2, 0.25) is 5.91 Å². The van der Waals surface area contributed by atoms with Gasteiger partial charge in [-0.3, -0.25) is 4.79 Å². The van der Waals surface area contributed by atoms with E-state index in [2.05, 4.69) is 16.0 Å². The summed E-state index contributed by atoms with van der Waals surface area (Å²) in [5, 5.41) is 8.90. The highest BCUT2D eigenvalue weighted by atomic mass is 19.1. The lowest BCUT2D eigenvalue weighted by Crippen LogP contribution is -2.59. The van der Waals surface area contributed by atoms with E-state index in [1.807, 2.05) is 30.3 Å². The Labute approximate surface area is 176 Å². The molecule has 4 rings (SSSR count). The normalized spacial score (nSPS) is 18.4. The molecule has 0 saturated heterocycles. The standard InChI is InChI=1S/C24H28FN3O2/c25-20-10-8-19(9-11-20)23(14-15-23)17-27-21(29)24(12-4-5-13-24)28-22(30)26-16-18-6-2-1-3-7-18/h1-3,6-11H,4-5,12-17H2,(H,27,29)(H2,26,28,30). The van der Waals surface area contributed by atoms with Crippen LogP contribution in [0.4, 0.5) is 9.18 Å². The second kappa shape index (κ2) is 8.46. The summed E-state index contributed by atoms with van der Waals surface area (Å²) in [4.78, 5) is 25.6. The van der Waals surface area contributed by atoms with Crippen LogP contribution in [0.1, 0.15) is 49.7 Å². The zero-order chi connectivity index (χ0) is 21.0. The summed E-state index contributed by atoms with van der Waals surface area (Å²) in [5.41, 5.74) is 1.09. The van der Waals surface area contributed by atoms with E-state index >= 15 is 0 Å². The molecule has 2 aromatic rings. The molecule has 2 fully saturated rings. The van der Waals surface area contributed by atoms with Gasteiger partial charge in [0.15, 0.2) is 0 Å². The van der Waals surface area contributed by atoms with Gasteiger partial charge in [-0.15, -0.1) is 0 Å². The summed E-state index contributed by atoms with van der Waals surface area (Å²) in [6, 6.07) is 15.9. The third-order valence-corrected chi connectivity index (χ3v) is 6.44. The van der Waals surface area contributed by atoms with Crippen LogP contribution in [0.3, 0.4) is 0 Å². The fourth-order valence-corrected chi connectivity index (χ4v) is 4.37. The molecule has 5 nitrogen and oxygen atoms in total. The monoisotopic (exact) mass is 409 g/mol. The quantitative estimate of drug-likeness (QED) is 0.651. The van der Waals surface area contributed by atoms with Crippen molar-refractivity contribution in [2.75, 3.05) is 6.54 Å². The topological polar surface area (TPSA) is 70.2 Å². The number of amides is 3. The molecular formula is C24H28FN3O2. The van der Waals surface area contributed by atoms with E-state index in [0.29, 0.717) is 25.9 Å². The summed E-state index contributed by atoms with van der Waals surface area (Å²) >= 11 is 0. The Morgan fingerprint density at radius 1 is 0.867 bits per heavy atom. The van der Waals surface area contributed by atoms with Crippen LogP contribution in [0.15, 0.2) is 54.6 Å². The van der Waals surface area contributed by atoms with Gasteiger partial charge in [0.1, 0.15) is 11.4 Å². The van der Waals surface area contributed by atoms with Crippen LogP contribution in [0.25, 0.3) is 0 Å². The van der Waals surface area contributed by atoms with E-state index < -0.39 is 5.54 Å². The molecule has 2 aliphatic carbocycles. The van der Waals surface area contributed by atoms with Crippen molar-refractivity contribution in [2.45, 2.75) is 56.0 Å². The van der Waals surface area contributed by atoms with E-state index in [-0.39, 0.29) is 23.2 Å². The fourth-order valence-electron chi connectivity index (χ4n) is 4.37. The lowest BCUT2D eigenvalue weighted by Gasteiger charge is -2.30. The minimum absolute atomic E-state index is 0.112. The minimum Gasteiger partial charge on any atom is -0.353 e. The van der Waals surface area contributed by atoms with Gasteiger partial charge in [0.25, 0.3) is 0 Å². The number of rotatable bonds is 7. The van der Waals surface area contributed by atoms with Gasteiger partial charge in [-0.1, -0.05) is 55.3 Å². The predicted molar refractivity (Wildman–Crippen MR) is 113 cm³/mol. The molecule has 0 heterocycles. The van der Waals surface area contributed by atoms with E-state index in [4.69, 9.17) is 0 Å². The Hall–Kier alpha value is -2.89. The second-order valence-corrected chi connectivity index (χ2v) is 8.55. The average Bonchev–Trinajstić information content (AvgIpc) is 3.41. The maximum Gasteiger partial charge on any atom is 0.315 e. The molecule has 2 saturated carbocycles. The van der Waals surface area contributed by atoms with Crippen molar-refractivity contribution >= 4 is 11.9 Å². The van der Waals surface area contributed by atoms with Crippen LogP contribution in [0.2, 0.25) is 0 Å².